The molecular weight excluding hydrogens is 297 g/mol. The van der Waals surface area contributed by atoms with Gasteiger partial charge in [-0.1, -0.05) is 0 Å². The molecule has 0 fully saturated rings. The fraction of sp³-hybridized carbons (Fsp3) is 0.545. The van der Waals surface area contributed by atoms with Gasteiger partial charge in [-0.3, -0.25) is 0 Å². The van der Waals surface area contributed by atoms with E-state index in [-0.39, 0.29) is 6.42 Å². The van der Waals surface area contributed by atoms with Gasteiger partial charge < -0.3 is 5.32 Å². The van der Waals surface area contributed by atoms with Crippen molar-refractivity contribution in [3.05, 3.63) is 22.3 Å². The zero-order chi connectivity index (χ0) is 12.9. The van der Waals surface area contributed by atoms with Crippen LogP contribution in [0.15, 0.2) is 16.7 Å². The number of aryl methyl sites for hydroxylation is 1. The molecule has 1 heterocycles. The zero-order valence-electron chi connectivity index (χ0n) is 9.44. The normalized spacial score (nSPS) is 11.6. The van der Waals surface area contributed by atoms with Crippen LogP contribution in [-0.4, -0.2) is 17.7 Å². The lowest BCUT2D eigenvalue weighted by atomic mass is 10.2. The second-order valence-corrected chi connectivity index (χ2v) is 4.58. The Bertz CT molecular complexity index is 366. The minimum atomic E-state index is -4.05. The summed E-state index contributed by atoms with van der Waals surface area (Å²) in [5, 5.41) is 3.01. The number of nitrogens with one attached hydrogen (secondary N) is 1. The van der Waals surface area contributed by atoms with Crippen LogP contribution < -0.4 is 5.32 Å². The summed E-state index contributed by atoms with van der Waals surface area (Å²) in [5.41, 5.74) is 1.04. The molecule has 0 saturated carbocycles. The van der Waals surface area contributed by atoms with Crippen molar-refractivity contribution in [3.8, 4) is 0 Å². The van der Waals surface area contributed by atoms with Crippen molar-refractivity contribution in [2.24, 2.45) is 0 Å². The number of pyridine rings is 1. The molecule has 1 aromatic heterocycles. The Labute approximate surface area is 107 Å². The average Bonchev–Trinajstić information content (AvgIpc) is 2.22. The number of hydrogen-bond donors (Lipinski definition) is 1. The second-order valence-electron chi connectivity index (χ2n) is 3.79. The van der Waals surface area contributed by atoms with Crippen LogP contribution in [0.25, 0.3) is 0 Å². The fourth-order valence-electron chi connectivity index (χ4n) is 1.32. The van der Waals surface area contributed by atoms with Crippen LogP contribution in [0.4, 0.5) is 19.0 Å². The zero-order valence-corrected chi connectivity index (χ0v) is 11.0. The summed E-state index contributed by atoms with van der Waals surface area (Å²) in [7, 11) is 0. The Balaban J connectivity index is 2.29. The molecular formula is C11H14BrF3N2. The molecule has 0 saturated heterocycles. The highest BCUT2D eigenvalue weighted by atomic mass is 79.9. The lowest BCUT2D eigenvalue weighted by Gasteiger charge is -2.09. The van der Waals surface area contributed by atoms with Gasteiger partial charge in [0.2, 0.25) is 0 Å². The van der Waals surface area contributed by atoms with Crippen molar-refractivity contribution >= 4 is 21.7 Å². The number of alkyl halides is 3. The monoisotopic (exact) mass is 310 g/mol. The Morgan fingerprint density at radius 3 is 2.71 bits per heavy atom. The van der Waals surface area contributed by atoms with E-state index < -0.39 is 12.6 Å². The van der Waals surface area contributed by atoms with E-state index in [1.165, 1.54) is 0 Å². The molecule has 0 aliphatic carbocycles. The van der Waals surface area contributed by atoms with Gasteiger partial charge in [0.05, 0.1) is 4.47 Å². The molecule has 1 aromatic rings. The number of nitrogens with zero attached hydrogens (tertiary/aromatic N) is 1. The van der Waals surface area contributed by atoms with Crippen LogP contribution in [-0.2, 0) is 0 Å². The van der Waals surface area contributed by atoms with Crippen molar-refractivity contribution in [2.75, 3.05) is 11.9 Å². The first-order valence-corrected chi connectivity index (χ1v) is 6.11. The Morgan fingerprint density at radius 2 is 2.06 bits per heavy atom. The Hall–Kier alpha value is -0.780. The van der Waals surface area contributed by atoms with Crippen molar-refractivity contribution in [1.29, 1.82) is 0 Å². The highest BCUT2D eigenvalue weighted by Gasteiger charge is 2.25. The average molecular weight is 311 g/mol. The van der Waals surface area contributed by atoms with Gasteiger partial charge in [-0.15, -0.1) is 0 Å². The summed E-state index contributed by atoms with van der Waals surface area (Å²) in [6.45, 7) is 2.42. The standard InChI is InChI=1S/C11H14BrF3N2/c1-8-4-7-17-10(9(8)12)16-6-3-2-5-11(13,14)15/h4,7H,2-3,5-6H2,1H3,(H,16,17). The highest BCUT2D eigenvalue weighted by Crippen LogP contribution is 2.24. The molecule has 0 amide bonds. The lowest BCUT2D eigenvalue weighted by Crippen LogP contribution is -2.09. The maximum atomic E-state index is 11.9. The molecule has 0 atom stereocenters. The summed E-state index contributed by atoms with van der Waals surface area (Å²) in [6, 6.07) is 1.86. The molecule has 1 N–H and O–H groups in total. The summed E-state index contributed by atoms with van der Waals surface area (Å²) < 4.78 is 36.5. The van der Waals surface area contributed by atoms with E-state index in [0.717, 1.165) is 10.0 Å². The molecule has 0 radical (unpaired) electrons. The van der Waals surface area contributed by atoms with Crippen LogP contribution in [0.5, 0.6) is 0 Å². The van der Waals surface area contributed by atoms with Crippen molar-refractivity contribution in [3.63, 3.8) is 0 Å². The van der Waals surface area contributed by atoms with Gasteiger partial charge in [0.15, 0.2) is 0 Å². The summed E-state index contributed by atoms with van der Waals surface area (Å²) >= 11 is 3.38. The molecule has 2 nitrogen and oxygen atoms in total. The molecule has 1 rings (SSSR count). The molecule has 0 bridgehead atoms. The third-order valence-corrected chi connectivity index (χ3v) is 3.26. The number of halogens is 4. The quantitative estimate of drug-likeness (QED) is 0.820. The number of unbranched alkanes of at least 4 members (excludes halogenated alkanes) is 1. The van der Waals surface area contributed by atoms with E-state index >= 15 is 0 Å². The Kier molecular flexibility index (Phi) is 5.24. The lowest BCUT2D eigenvalue weighted by molar-refractivity contribution is -0.135. The van der Waals surface area contributed by atoms with E-state index in [1.54, 1.807) is 6.20 Å². The van der Waals surface area contributed by atoms with Gasteiger partial charge in [-0.25, -0.2) is 4.98 Å². The van der Waals surface area contributed by atoms with Crippen LogP contribution in [0.2, 0.25) is 0 Å². The van der Waals surface area contributed by atoms with Crippen LogP contribution >= 0.6 is 15.9 Å². The van der Waals surface area contributed by atoms with Gasteiger partial charge in [-0.05, 0) is 47.3 Å². The van der Waals surface area contributed by atoms with Gasteiger partial charge in [0, 0.05) is 19.2 Å². The van der Waals surface area contributed by atoms with E-state index in [4.69, 9.17) is 0 Å². The number of anilines is 1. The first-order valence-electron chi connectivity index (χ1n) is 5.32. The summed E-state index contributed by atoms with van der Waals surface area (Å²) in [4.78, 5) is 4.11. The van der Waals surface area contributed by atoms with E-state index in [2.05, 4.69) is 26.2 Å². The second kappa shape index (κ2) is 6.23. The molecule has 0 aromatic carbocycles. The molecule has 96 valence electrons. The molecule has 0 aliphatic heterocycles. The maximum absolute atomic E-state index is 11.9. The maximum Gasteiger partial charge on any atom is 0.389 e. The van der Waals surface area contributed by atoms with Gasteiger partial charge >= 0.3 is 6.18 Å². The fourth-order valence-corrected chi connectivity index (χ4v) is 1.70. The summed E-state index contributed by atoms with van der Waals surface area (Å²) in [5.74, 6) is 0.678. The third kappa shape index (κ3) is 5.39. The molecule has 6 heteroatoms. The predicted molar refractivity (Wildman–Crippen MR) is 65.1 cm³/mol. The van der Waals surface area contributed by atoms with Crippen molar-refractivity contribution in [2.45, 2.75) is 32.4 Å². The van der Waals surface area contributed by atoms with Gasteiger partial charge in [0.1, 0.15) is 5.82 Å². The van der Waals surface area contributed by atoms with Crippen LogP contribution in [0.1, 0.15) is 24.8 Å². The number of hydrogen-bond acceptors (Lipinski definition) is 2. The van der Waals surface area contributed by atoms with E-state index in [0.29, 0.717) is 18.8 Å². The van der Waals surface area contributed by atoms with Gasteiger partial charge in [0.25, 0.3) is 0 Å². The molecule has 0 aliphatic rings. The first kappa shape index (κ1) is 14.3. The molecule has 0 unspecified atom stereocenters. The molecule has 0 spiro atoms. The largest absolute Gasteiger partial charge is 0.389 e. The summed E-state index contributed by atoms with van der Waals surface area (Å²) in [6.07, 6.45) is -2.50. The highest BCUT2D eigenvalue weighted by molar-refractivity contribution is 9.10. The van der Waals surface area contributed by atoms with Crippen molar-refractivity contribution < 1.29 is 13.2 Å². The topological polar surface area (TPSA) is 24.9 Å². The molecule has 17 heavy (non-hydrogen) atoms. The Morgan fingerprint density at radius 1 is 1.35 bits per heavy atom. The minimum absolute atomic E-state index is 0.139. The predicted octanol–water partition coefficient (Wildman–Crippen LogP) is 4.30. The van der Waals surface area contributed by atoms with Gasteiger partial charge in [-0.2, -0.15) is 13.2 Å². The third-order valence-electron chi connectivity index (χ3n) is 2.26. The SMILES string of the molecule is Cc1ccnc(NCCCCC(F)(F)F)c1Br. The minimum Gasteiger partial charge on any atom is -0.369 e. The first-order chi connectivity index (χ1) is 7.90. The number of rotatable bonds is 5. The number of aromatic nitrogens is 1. The van der Waals surface area contributed by atoms with Crippen molar-refractivity contribution in [1.82, 2.24) is 4.98 Å². The van der Waals surface area contributed by atoms with E-state index in [9.17, 15) is 13.2 Å². The smallest absolute Gasteiger partial charge is 0.369 e. The van der Waals surface area contributed by atoms with E-state index in [1.807, 2.05) is 13.0 Å². The van der Waals surface area contributed by atoms with Crippen LogP contribution in [0.3, 0.4) is 0 Å². The van der Waals surface area contributed by atoms with Crippen LogP contribution in [0, 0.1) is 6.92 Å².